The average Bonchev–Trinajstić information content (AvgIpc) is 2.62. The number of carbonyl (C=O) groups excluding carboxylic acids is 2. The van der Waals surface area contributed by atoms with Crippen LogP contribution in [0.2, 0.25) is 0 Å². The normalized spacial score (nSPS) is 31.3. The van der Waals surface area contributed by atoms with Gasteiger partial charge in [-0.2, -0.15) is 8.78 Å². The van der Waals surface area contributed by atoms with E-state index in [0.717, 1.165) is 19.3 Å². The number of halogens is 2. The van der Waals surface area contributed by atoms with Gasteiger partial charge in [0.05, 0.1) is 13.2 Å². The molecular formula is C20H22F2O6. The third kappa shape index (κ3) is 4.45. The van der Waals surface area contributed by atoms with E-state index in [2.05, 4.69) is 11.3 Å². The number of esters is 1. The van der Waals surface area contributed by atoms with Crippen molar-refractivity contribution in [1.82, 2.24) is 0 Å². The maximum Gasteiger partial charge on any atom is 0.342 e. The van der Waals surface area contributed by atoms with Gasteiger partial charge in [-0.1, -0.05) is 30.9 Å². The monoisotopic (exact) mass is 396 g/mol. The van der Waals surface area contributed by atoms with Crippen molar-refractivity contribution in [1.29, 1.82) is 0 Å². The standard InChI is InChI=1S/C20H22F2O6/c1-11-6-4-7-12(2)28-19(26)17-13(8-5-9-14(23)18(11)25)20(21,22)16(27-3)10-15(17)24/h4-6,8,10,12,14,18,23,25H,1,7,9H2,2-3H3/b6-4+,8-5+/t12-,14-,18+/m0/s1. The number of cyclic esters (lactones) is 1. The second-order valence-corrected chi connectivity index (χ2v) is 6.52. The van der Waals surface area contributed by atoms with Crippen LogP contribution >= 0.6 is 0 Å². The molecule has 1 aliphatic carbocycles. The van der Waals surface area contributed by atoms with Crippen LogP contribution in [-0.2, 0) is 19.1 Å². The van der Waals surface area contributed by atoms with Crippen LogP contribution in [0, 0.1) is 0 Å². The number of carbonyl (C=O) groups is 2. The van der Waals surface area contributed by atoms with E-state index in [1.165, 1.54) is 13.0 Å². The van der Waals surface area contributed by atoms with Gasteiger partial charge in [0.15, 0.2) is 11.5 Å². The predicted molar refractivity (Wildman–Crippen MR) is 96.3 cm³/mol. The zero-order valence-corrected chi connectivity index (χ0v) is 15.5. The van der Waals surface area contributed by atoms with E-state index in [4.69, 9.17) is 4.74 Å². The molecule has 0 bridgehead atoms. The van der Waals surface area contributed by atoms with Gasteiger partial charge >= 0.3 is 11.9 Å². The van der Waals surface area contributed by atoms with E-state index >= 15 is 0 Å². The van der Waals surface area contributed by atoms with Crippen LogP contribution in [-0.4, -0.2) is 53.3 Å². The van der Waals surface area contributed by atoms with Gasteiger partial charge in [0.25, 0.3) is 0 Å². The third-order valence-corrected chi connectivity index (χ3v) is 4.36. The second kappa shape index (κ2) is 8.62. The first kappa shape index (κ1) is 21.7. The Hall–Kier alpha value is -2.58. The van der Waals surface area contributed by atoms with Crippen LogP contribution in [0.1, 0.15) is 19.8 Å². The van der Waals surface area contributed by atoms with Gasteiger partial charge in [0, 0.05) is 18.1 Å². The lowest BCUT2D eigenvalue weighted by Gasteiger charge is -2.26. The number of hydrogen-bond donors (Lipinski definition) is 2. The molecule has 0 saturated carbocycles. The highest BCUT2D eigenvalue weighted by Gasteiger charge is 2.47. The molecule has 152 valence electrons. The minimum Gasteiger partial charge on any atom is -0.494 e. The summed E-state index contributed by atoms with van der Waals surface area (Å²) < 4.78 is 39.3. The smallest absolute Gasteiger partial charge is 0.342 e. The number of allylic oxidation sites excluding steroid dienone is 3. The lowest BCUT2D eigenvalue weighted by atomic mass is 9.90. The van der Waals surface area contributed by atoms with E-state index in [1.54, 1.807) is 6.08 Å². The van der Waals surface area contributed by atoms with E-state index in [9.17, 15) is 28.6 Å². The van der Waals surface area contributed by atoms with Crippen molar-refractivity contribution in [3.63, 3.8) is 0 Å². The van der Waals surface area contributed by atoms with Crippen molar-refractivity contribution in [3.05, 3.63) is 59.4 Å². The molecule has 6 nitrogen and oxygen atoms in total. The van der Waals surface area contributed by atoms with E-state index in [1.807, 2.05) is 0 Å². The van der Waals surface area contributed by atoms with Crippen LogP contribution in [0.25, 0.3) is 0 Å². The quantitative estimate of drug-likeness (QED) is 0.521. The molecule has 2 aliphatic rings. The molecule has 0 unspecified atom stereocenters. The number of ketones is 1. The van der Waals surface area contributed by atoms with Crippen molar-refractivity contribution in [2.75, 3.05) is 7.11 Å². The first-order valence-corrected chi connectivity index (χ1v) is 8.61. The van der Waals surface area contributed by atoms with Crippen LogP contribution in [0.15, 0.2) is 59.4 Å². The fourth-order valence-corrected chi connectivity index (χ4v) is 2.79. The number of rotatable bonds is 1. The molecule has 28 heavy (non-hydrogen) atoms. The largest absolute Gasteiger partial charge is 0.494 e. The molecule has 2 rings (SSSR count). The molecule has 0 radical (unpaired) electrons. The van der Waals surface area contributed by atoms with Crippen molar-refractivity contribution >= 4 is 11.8 Å². The molecule has 0 amide bonds. The summed E-state index contributed by atoms with van der Waals surface area (Å²) in [5.41, 5.74) is -1.46. The maximum atomic E-state index is 14.8. The fraction of sp³-hybridized carbons (Fsp3) is 0.400. The highest BCUT2D eigenvalue weighted by Crippen LogP contribution is 2.39. The summed E-state index contributed by atoms with van der Waals surface area (Å²) >= 11 is 0. The summed E-state index contributed by atoms with van der Waals surface area (Å²) in [5.74, 6) is -6.79. The molecule has 0 aromatic rings. The Labute approximate surface area is 161 Å². The van der Waals surface area contributed by atoms with Gasteiger partial charge in [-0.3, -0.25) is 4.79 Å². The Morgan fingerprint density at radius 2 is 1.86 bits per heavy atom. The molecule has 1 aliphatic heterocycles. The summed E-state index contributed by atoms with van der Waals surface area (Å²) in [4.78, 5) is 24.7. The number of hydrogen-bond acceptors (Lipinski definition) is 6. The fourth-order valence-electron chi connectivity index (χ4n) is 2.79. The minimum absolute atomic E-state index is 0.190. The second-order valence-electron chi connectivity index (χ2n) is 6.52. The zero-order valence-electron chi connectivity index (χ0n) is 15.5. The number of ether oxygens (including phenoxy) is 2. The van der Waals surface area contributed by atoms with Crippen LogP contribution < -0.4 is 0 Å². The van der Waals surface area contributed by atoms with Gasteiger partial charge in [0.1, 0.15) is 17.8 Å². The molecule has 0 spiro atoms. The first-order valence-electron chi connectivity index (χ1n) is 8.61. The Kier molecular flexibility index (Phi) is 6.69. The minimum atomic E-state index is -3.75. The zero-order chi connectivity index (χ0) is 21.1. The van der Waals surface area contributed by atoms with Crippen molar-refractivity contribution in [3.8, 4) is 0 Å². The number of aliphatic hydroxyl groups is 2. The molecule has 1 heterocycles. The van der Waals surface area contributed by atoms with Gasteiger partial charge in [0.2, 0.25) is 0 Å². The van der Waals surface area contributed by atoms with Crippen LogP contribution in [0.4, 0.5) is 8.78 Å². The van der Waals surface area contributed by atoms with Crippen LogP contribution in [0.5, 0.6) is 0 Å². The van der Waals surface area contributed by atoms with Gasteiger partial charge < -0.3 is 19.7 Å². The summed E-state index contributed by atoms with van der Waals surface area (Å²) in [6.45, 7) is 5.18. The molecule has 2 N–H and O–H groups in total. The molecule has 0 aromatic heterocycles. The van der Waals surface area contributed by atoms with Gasteiger partial charge in [-0.25, -0.2) is 4.79 Å². The average molecular weight is 396 g/mol. The number of aliphatic hydroxyl groups excluding tert-OH is 2. The van der Waals surface area contributed by atoms with Gasteiger partial charge in [-0.15, -0.1) is 0 Å². The van der Waals surface area contributed by atoms with Gasteiger partial charge in [-0.05, 0) is 18.9 Å². The highest BCUT2D eigenvalue weighted by molar-refractivity contribution is 6.23. The molecule has 0 saturated heterocycles. The summed E-state index contributed by atoms with van der Waals surface area (Å²) in [6, 6.07) is 0. The Morgan fingerprint density at radius 1 is 1.21 bits per heavy atom. The molecule has 0 aromatic carbocycles. The Bertz CT molecular complexity index is 791. The van der Waals surface area contributed by atoms with E-state index in [-0.39, 0.29) is 18.4 Å². The van der Waals surface area contributed by atoms with Crippen molar-refractivity contribution in [2.24, 2.45) is 0 Å². The van der Waals surface area contributed by atoms with E-state index in [0.29, 0.717) is 6.08 Å². The van der Waals surface area contributed by atoms with Crippen molar-refractivity contribution < 1.29 is 38.1 Å². The highest BCUT2D eigenvalue weighted by atomic mass is 19.3. The topological polar surface area (TPSA) is 93.1 Å². The predicted octanol–water partition coefficient (Wildman–Crippen LogP) is 2.15. The first-order chi connectivity index (χ1) is 13.1. The lowest BCUT2D eigenvalue weighted by molar-refractivity contribution is -0.144. The van der Waals surface area contributed by atoms with E-state index < -0.39 is 52.9 Å². The summed E-state index contributed by atoms with van der Waals surface area (Å²) in [5, 5.41) is 20.1. The summed E-state index contributed by atoms with van der Waals surface area (Å²) in [7, 11) is 0.990. The Morgan fingerprint density at radius 3 is 2.50 bits per heavy atom. The molecule has 8 heteroatoms. The van der Waals surface area contributed by atoms with Crippen molar-refractivity contribution in [2.45, 2.75) is 44.0 Å². The number of methoxy groups -OCH3 is 1. The maximum absolute atomic E-state index is 14.8. The third-order valence-electron chi connectivity index (χ3n) is 4.36. The number of alkyl halides is 2. The van der Waals surface area contributed by atoms with Crippen LogP contribution in [0.3, 0.4) is 0 Å². The summed E-state index contributed by atoms with van der Waals surface area (Å²) in [6.07, 6.45) is 2.24. The SMILES string of the molecule is C=C1/C=C/C[C@H](C)OC(=O)C2=C(/C=C/C[C@H](O)[C@@H]1O)C(F)(F)C(OC)=CC2=O. The molecule has 3 atom stereocenters. The Balaban J connectivity index is 2.53. The lowest BCUT2D eigenvalue weighted by Crippen LogP contribution is -2.34. The molecule has 0 fully saturated rings. The molecular weight excluding hydrogens is 374 g/mol.